The summed E-state index contributed by atoms with van der Waals surface area (Å²) in [5.74, 6) is 0. The molecule has 0 rings (SSSR count). The Kier molecular flexibility index (Phi) is 16.1. The summed E-state index contributed by atoms with van der Waals surface area (Å²) in [6.45, 7) is 13.7. The Bertz CT molecular complexity index is 189. The van der Waals surface area contributed by atoms with Gasteiger partial charge in [-0.15, -0.1) is 0 Å². The summed E-state index contributed by atoms with van der Waals surface area (Å²) in [5, 5.41) is 6.51. The van der Waals surface area contributed by atoms with E-state index in [0.29, 0.717) is 18.1 Å². The highest BCUT2D eigenvalue weighted by molar-refractivity contribution is 4.83. The zero-order chi connectivity index (χ0) is 16.0. The summed E-state index contributed by atoms with van der Waals surface area (Å²) in [6.07, 6.45) is 7.29. The normalized spacial score (nSPS) is 14.3. The van der Waals surface area contributed by atoms with Crippen molar-refractivity contribution in [3.63, 3.8) is 0 Å². The average molecular weight is 287 g/mol. The molecule has 0 aromatic heterocycles. The van der Waals surface area contributed by atoms with Gasteiger partial charge in [0, 0.05) is 24.2 Å². The lowest BCUT2D eigenvalue weighted by Crippen LogP contribution is -2.25. The Morgan fingerprint density at radius 1 is 0.900 bits per heavy atom. The predicted octanol–water partition coefficient (Wildman–Crippen LogP) is 2.35. The number of hydrogen-bond donors (Lipinski definition) is 4. The molecule has 20 heavy (non-hydrogen) atoms. The van der Waals surface area contributed by atoms with Crippen molar-refractivity contribution in [3.05, 3.63) is 12.3 Å². The van der Waals surface area contributed by atoms with Gasteiger partial charge in [0.25, 0.3) is 0 Å². The molecule has 0 aliphatic carbocycles. The lowest BCUT2D eigenvalue weighted by molar-refractivity contribution is 0.533. The molecule has 0 saturated heterocycles. The van der Waals surface area contributed by atoms with Crippen LogP contribution >= 0.6 is 0 Å². The molecule has 0 fully saturated rings. The highest BCUT2D eigenvalue weighted by Gasteiger charge is 1.94. The van der Waals surface area contributed by atoms with Gasteiger partial charge in [0.2, 0.25) is 0 Å². The van der Waals surface area contributed by atoms with E-state index in [1.807, 2.05) is 13.1 Å². The molecule has 0 aromatic rings. The minimum atomic E-state index is 0.269. The summed E-state index contributed by atoms with van der Waals surface area (Å²) in [7, 11) is 0. The molecule has 6 N–H and O–H groups in total. The van der Waals surface area contributed by atoms with Crippen LogP contribution in [0.15, 0.2) is 12.3 Å². The third-order valence-corrected chi connectivity index (χ3v) is 2.44. The molecule has 0 bridgehead atoms. The highest BCUT2D eigenvalue weighted by Crippen LogP contribution is 1.91. The van der Waals surface area contributed by atoms with Gasteiger partial charge in [-0.25, -0.2) is 0 Å². The molecule has 4 heteroatoms. The molecule has 0 heterocycles. The van der Waals surface area contributed by atoms with Gasteiger partial charge in [-0.2, -0.15) is 0 Å². The molecule has 2 atom stereocenters. The third-order valence-electron chi connectivity index (χ3n) is 2.44. The van der Waals surface area contributed by atoms with E-state index >= 15 is 0 Å². The van der Waals surface area contributed by atoms with Gasteiger partial charge in [0.15, 0.2) is 0 Å². The molecular weight excluding hydrogens is 248 g/mol. The van der Waals surface area contributed by atoms with Crippen molar-refractivity contribution in [2.75, 3.05) is 6.54 Å². The largest absolute Gasteiger partial charge is 0.389 e. The van der Waals surface area contributed by atoms with Crippen molar-refractivity contribution in [2.45, 2.75) is 85.0 Å². The summed E-state index contributed by atoms with van der Waals surface area (Å²) in [4.78, 5) is 0. The van der Waals surface area contributed by atoms with E-state index in [4.69, 9.17) is 11.5 Å². The van der Waals surface area contributed by atoms with Crippen molar-refractivity contribution in [3.8, 4) is 0 Å². The Hall–Kier alpha value is -0.580. The van der Waals surface area contributed by atoms with E-state index < -0.39 is 0 Å². The van der Waals surface area contributed by atoms with E-state index in [2.05, 4.69) is 51.3 Å². The van der Waals surface area contributed by atoms with Crippen LogP contribution < -0.4 is 22.1 Å². The summed E-state index contributed by atoms with van der Waals surface area (Å²) in [5.41, 5.74) is 11.1. The second-order valence-corrected chi connectivity index (χ2v) is 6.17. The lowest BCUT2D eigenvalue weighted by atomic mass is 10.2. The number of nitrogens with one attached hydrogen (secondary N) is 2. The predicted molar refractivity (Wildman–Crippen MR) is 91.7 cm³/mol. The van der Waals surface area contributed by atoms with Crippen LogP contribution in [-0.4, -0.2) is 30.7 Å². The van der Waals surface area contributed by atoms with E-state index in [1.165, 1.54) is 6.42 Å². The average Bonchev–Trinajstić information content (AvgIpc) is 2.30. The maximum atomic E-state index is 5.58. The SMILES string of the molecule is CC(N)C/C=C/NC(C)C.CC(N)CCCNC(C)C. The Morgan fingerprint density at radius 3 is 1.90 bits per heavy atom. The van der Waals surface area contributed by atoms with Crippen molar-refractivity contribution in [1.82, 2.24) is 10.6 Å². The zero-order valence-electron chi connectivity index (χ0n) is 14.4. The van der Waals surface area contributed by atoms with Crippen LogP contribution in [0.1, 0.15) is 60.8 Å². The minimum absolute atomic E-state index is 0.269. The highest BCUT2D eigenvalue weighted by atomic mass is 14.9. The summed E-state index contributed by atoms with van der Waals surface area (Å²) < 4.78 is 0. The van der Waals surface area contributed by atoms with Crippen LogP contribution in [0.4, 0.5) is 0 Å². The van der Waals surface area contributed by atoms with Gasteiger partial charge >= 0.3 is 0 Å². The molecule has 4 nitrogen and oxygen atoms in total. The van der Waals surface area contributed by atoms with E-state index in [-0.39, 0.29) is 6.04 Å². The van der Waals surface area contributed by atoms with Crippen molar-refractivity contribution in [2.24, 2.45) is 11.5 Å². The maximum Gasteiger partial charge on any atom is 0.0199 e. The van der Waals surface area contributed by atoms with Crippen LogP contribution in [0.2, 0.25) is 0 Å². The smallest absolute Gasteiger partial charge is 0.0199 e. The standard InChI is InChI=1S/C8H20N2.C8H18N2/c2*1-7(2)10-6-4-5-8(3)9/h7-8,10H,4-6,9H2,1-3H3;4,6-8,10H,5,9H2,1-3H3/b;6-4+. The molecule has 0 spiro atoms. The second-order valence-electron chi connectivity index (χ2n) is 6.17. The van der Waals surface area contributed by atoms with Crippen LogP contribution in [0.25, 0.3) is 0 Å². The van der Waals surface area contributed by atoms with E-state index in [9.17, 15) is 0 Å². The number of nitrogens with two attached hydrogens (primary N) is 2. The van der Waals surface area contributed by atoms with Gasteiger partial charge in [0.1, 0.15) is 0 Å². The Morgan fingerprint density at radius 2 is 1.50 bits per heavy atom. The first-order valence-electron chi connectivity index (χ1n) is 7.91. The fraction of sp³-hybridized carbons (Fsp3) is 0.875. The first-order chi connectivity index (χ1) is 9.25. The van der Waals surface area contributed by atoms with Crippen molar-refractivity contribution < 1.29 is 0 Å². The number of hydrogen-bond acceptors (Lipinski definition) is 4. The first kappa shape index (κ1) is 21.7. The molecule has 0 aliphatic heterocycles. The van der Waals surface area contributed by atoms with Gasteiger partial charge in [-0.3, -0.25) is 0 Å². The van der Waals surface area contributed by atoms with Crippen LogP contribution in [0, 0.1) is 0 Å². The van der Waals surface area contributed by atoms with Crippen molar-refractivity contribution >= 4 is 0 Å². The molecule has 2 unspecified atom stereocenters. The van der Waals surface area contributed by atoms with Gasteiger partial charge in [0.05, 0.1) is 0 Å². The van der Waals surface area contributed by atoms with Crippen molar-refractivity contribution in [1.29, 1.82) is 0 Å². The molecule has 0 saturated carbocycles. The molecule has 122 valence electrons. The minimum Gasteiger partial charge on any atom is -0.389 e. The maximum absolute atomic E-state index is 5.58. The number of rotatable bonds is 9. The topological polar surface area (TPSA) is 76.1 Å². The molecule has 0 aromatic carbocycles. The Labute approximate surface area is 126 Å². The van der Waals surface area contributed by atoms with Gasteiger partial charge in [-0.1, -0.05) is 19.9 Å². The fourth-order valence-corrected chi connectivity index (χ4v) is 1.36. The van der Waals surface area contributed by atoms with Gasteiger partial charge in [-0.05, 0) is 59.7 Å². The zero-order valence-corrected chi connectivity index (χ0v) is 14.4. The summed E-state index contributed by atoms with van der Waals surface area (Å²) >= 11 is 0. The van der Waals surface area contributed by atoms with Crippen LogP contribution in [-0.2, 0) is 0 Å². The molecule has 0 radical (unpaired) electrons. The summed E-state index contributed by atoms with van der Waals surface area (Å²) in [6, 6.07) is 1.75. The quantitative estimate of drug-likeness (QED) is 0.491. The Balaban J connectivity index is 0. The fourth-order valence-electron chi connectivity index (χ4n) is 1.36. The van der Waals surface area contributed by atoms with E-state index in [0.717, 1.165) is 19.4 Å². The molecular formula is C16H38N4. The first-order valence-corrected chi connectivity index (χ1v) is 7.91. The second kappa shape index (κ2) is 14.8. The van der Waals surface area contributed by atoms with Crippen LogP contribution in [0.3, 0.4) is 0 Å². The lowest BCUT2D eigenvalue weighted by Gasteiger charge is -2.08. The van der Waals surface area contributed by atoms with Crippen LogP contribution in [0.5, 0.6) is 0 Å². The molecule has 0 aliphatic rings. The molecule has 0 amide bonds. The third kappa shape index (κ3) is 26.1. The van der Waals surface area contributed by atoms with E-state index in [1.54, 1.807) is 0 Å². The van der Waals surface area contributed by atoms with Gasteiger partial charge < -0.3 is 22.1 Å². The monoisotopic (exact) mass is 286 g/mol.